The van der Waals surface area contributed by atoms with Gasteiger partial charge in [-0.25, -0.2) is 4.79 Å². The van der Waals surface area contributed by atoms with Gasteiger partial charge in [-0.3, -0.25) is 14.8 Å². The van der Waals surface area contributed by atoms with E-state index in [1.54, 1.807) is 35.4 Å². The molecule has 21 heavy (non-hydrogen) atoms. The number of hydrogen-bond acceptors (Lipinski definition) is 3. The Labute approximate surface area is 120 Å². The number of aliphatic carboxylic acids is 1. The van der Waals surface area contributed by atoms with Gasteiger partial charge in [-0.15, -0.1) is 0 Å². The van der Waals surface area contributed by atoms with Crippen LogP contribution in [-0.2, 0) is 4.79 Å². The van der Waals surface area contributed by atoms with Crippen molar-refractivity contribution in [3.63, 3.8) is 0 Å². The van der Waals surface area contributed by atoms with Crippen molar-refractivity contribution in [2.75, 3.05) is 16.8 Å². The van der Waals surface area contributed by atoms with Gasteiger partial charge in [0, 0.05) is 18.4 Å². The van der Waals surface area contributed by atoms with Gasteiger partial charge in [0.15, 0.2) is 0 Å². The molecule has 0 spiro atoms. The highest BCUT2D eigenvalue weighted by Gasteiger charge is 2.32. The number of urea groups is 1. The monoisotopic (exact) mass is 286 g/mol. The molecule has 1 aromatic carbocycles. The summed E-state index contributed by atoms with van der Waals surface area (Å²) in [7, 11) is 0. The minimum absolute atomic E-state index is 0.298. The zero-order valence-electron chi connectivity index (χ0n) is 11.1. The van der Waals surface area contributed by atoms with Gasteiger partial charge in [0.1, 0.15) is 0 Å². The molecule has 0 aliphatic carbocycles. The molecule has 7 heteroatoms. The number of fused-ring (bicyclic) bond motifs is 1. The fraction of sp³-hybridized carbons (Fsp3) is 0.214. The molecule has 1 aromatic heterocycles. The number of benzene rings is 1. The Hall–Kier alpha value is -2.83. The van der Waals surface area contributed by atoms with Crippen LogP contribution in [0.3, 0.4) is 0 Å². The number of carbonyl (C=O) groups excluding carboxylic acids is 1. The SMILES string of the molecule is O=C(O)C1CCN(C(=O)Nc2cn[nH]c2)c2ccccc21. The van der Waals surface area contributed by atoms with Gasteiger partial charge in [-0.05, 0) is 18.1 Å². The summed E-state index contributed by atoms with van der Waals surface area (Å²) in [5, 5.41) is 18.4. The van der Waals surface area contributed by atoms with Gasteiger partial charge in [-0.1, -0.05) is 18.2 Å². The quantitative estimate of drug-likeness (QED) is 0.786. The van der Waals surface area contributed by atoms with E-state index in [1.807, 2.05) is 0 Å². The van der Waals surface area contributed by atoms with Gasteiger partial charge in [0.25, 0.3) is 0 Å². The fourth-order valence-corrected chi connectivity index (χ4v) is 2.54. The second-order valence-electron chi connectivity index (χ2n) is 4.81. The molecule has 7 nitrogen and oxygen atoms in total. The number of nitrogens with one attached hydrogen (secondary N) is 2. The summed E-state index contributed by atoms with van der Waals surface area (Å²) < 4.78 is 0. The van der Waals surface area contributed by atoms with Crippen molar-refractivity contribution in [1.29, 1.82) is 0 Å². The van der Waals surface area contributed by atoms with Gasteiger partial charge in [0.2, 0.25) is 0 Å². The molecule has 108 valence electrons. The molecule has 1 atom stereocenters. The van der Waals surface area contributed by atoms with Crippen LogP contribution in [0.15, 0.2) is 36.7 Å². The minimum Gasteiger partial charge on any atom is -0.481 e. The fourth-order valence-electron chi connectivity index (χ4n) is 2.54. The van der Waals surface area contributed by atoms with Crippen LogP contribution in [0.25, 0.3) is 0 Å². The van der Waals surface area contributed by atoms with Gasteiger partial charge >= 0.3 is 12.0 Å². The molecule has 0 saturated carbocycles. The van der Waals surface area contributed by atoms with Gasteiger partial charge < -0.3 is 10.4 Å². The van der Waals surface area contributed by atoms with Crippen LogP contribution in [0.5, 0.6) is 0 Å². The summed E-state index contributed by atoms with van der Waals surface area (Å²) >= 11 is 0. The van der Waals surface area contributed by atoms with Crippen LogP contribution >= 0.6 is 0 Å². The third-order valence-electron chi connectivity index (χ3n) is 3.54. The molecule has 3 rings (SSSR count). The first kappa shape index (κ1) is 13.2. The number of rotatable bonds is 2. The first-order valence-corrected chi connectivity index (χ1v) is 6.56. The van der Waals surface area contributed by atoms with E-state index in [0.29, 0.717) is 29.9 Å². The van der Waals surface area contributed by atoms with Gasteiger partial charge in [0.05, 0.1) is 17.8 Å². The lowest BCUT2D eigenvalue weighted by molar-refractivity contribution is -0.139. The summed E-state index contributed by atoms with van der Waals surface area (Å²) in [4.78, 5) is 25.2. The number of carbonyl (C=O) groups is 2. The van der Waals surface area contributed by atoms with E-state index >= 15 is 0 Å². The number of carboxylic acids is 1. The minimum atomic E-state index is -0.864. The topological polar surface area (TPSA) is 98.3 Å². The predicted octanol–water partition coefficient (Wildman–Crippen LogP) is 2.02. The first-order valence-electron chi connectivity index (χ1n) is 6.56. The van der Waals surface area contributed by atoms with Crippen molar-refractivity contribution in [1.82, 2.24) is 10.2 Å². The maximum absolute atomic E-state index is 12.3. The number of nitrogens with zero attached hydrogens (tertiary/aromatic N) is 2. The normalized spacial score (nSPS) is 17.1. The largest absolute Gasteiger partial charge is 0.481 e. The van der Waals surface area contributed by atoms with E-state index in [4.69, 9.17) is 0 Å². The molecule has 1 unspecified atom stereocenters. The highest BCUT2D eigenvalue weighted by Crippen LogP contribution is 2.35. The number of aromatic amines is 1. The molecular formula is C14H14N4O3. The Kier molecular flexibility index (Phi) is 3.31. The second kappa shape index (κ2) is 5.28. The summed E-state index contributed by atoms with van der Waals surface area (Å²) in [5.41, 5.74) is 1.87. The molecule has 1 aliphatic heterocycles. The Bertz CT molecular complexity index is 669. The Morgan fingerprint density at radius 3 is 2.90 bits per heavy atom. The Morgan fingerprint density at radius 2 is 2.19 bits per heavy atom. The second-order valence-corrected chi connectivity index (χ2v) is 4.81. The van der Waals surface area contributed by atoms with Crippen molar-refractivity contribution in [3.8, 4) is 0 Å². The van der Waals surface area contributed by atoms with E-state index in [0.717, 1.165) is 0 Å². The number of amides is 2. The Morgan fingerprint density at radius 1 is 1.38 bits per heavy atom. The van der Waals surface area contributed by atoms with Crippen LogP contribution in [-0.4, -0.2) is 33.8 Å². The molecule has 3 N–H and O–H groups in total. The summed E-state index contributed by atoms with van der Waals surface area (Å²) in [6, 6.07) is 6.80. The highest BCUT2D eigenvalue weighted by atomic mass is 16.4. The average Bonchev–Trinajstić information content (AvgIpc) is 2.98. The molecule has 2 heterocycles. The zero-order chi connectivity index (χ0) is 14.8. The lowest BCUT2D eigenvalue weighted by atomic mass is 9.90. The standard InChI is InChI=1S/C14H14N4O3/c19-13(20)11-5-6-18(12-4-2-1-3-10(11)12)14(21)17-9-7-15-16-8-9/h1-4,7-8,11H,5-6H2,(H,15,16)(H,17,21)(H,19,20). The number of para-hydroxylation sites is 1. The lowest BCUT2D eigenvalue weighted by Crippen LogP contribution is -2.40. The number of H-pyrrole nitrogens is 1. The van der Waals surface area contributed by atoms with E-state index in [2.05, 4.69) is 15.5 Å². The number of aromatic nitrogens is 2. The molecule has 2 aromatic rings. The molecule has 1 aliphatic rings. The molecule has 2 amide bonds. The molecule has 0 fully saturated rings. The number of hydrogen-bond donors (Lipinski definition) is 3. The molecule has 0 radical (unpaired) electrons. The highest BCUT2D eigenvalue weighted by molar-refractivity contribution is 6.03. The molecule has 0 saturated heterocycles. The molecule has 0 bridgehead atoms. The van der Waals surface area contributed by atoms with Crippen molar-refractivity contribution in [3.05, 3.63) is 42.2 Å². The number of anilines is 2. The van der Waals surface area contributed by atoms with E-state index in [-0.39, 0.29) is 6.03 Å². The van der Waals surface area contributed by atoms with Crippen LogP contribution < -0.4 is 10.2 Å². The van der Waals surface area contributed by atoms with E-state index in [9.17, 15) is 14.7 Å². The smallest absolute Gasteiger partial charge is 0.326 e. The average molecular weight is 286 g/mol. The zero-order valence-corrected chi connectivity index (χ0v) is 11.1. The van der Waals surface area contributed by atoms with Crippen LogP contribution in [0.2, 0.25) is 0 Å². The third-order valence-corrected chi connectivity index (χ3v) is 3.54. The van der Waals surface area contributed by atoms with Crippen LogP contribution in [0, 0.1) is 0 Å². The van der Waals surface area contributed by atoms with Crippen LogP contribution in [0.4, 0.5) is 16.2 Å². The maximum Gasteiger partial charge on any atom is 0.326 e. The summed E-state index contributed by atoms with van der Waals surface area (Å²) in [6.07, 6.45) is 3.48. The van der Waals surface area contributed by atoms with Gasteiger partial charge in [-0.2, -0.15) is 5.10 Å². The third kappa shape index (κ3) is 2.45. The lowest BCUT2D eigenvalue weighted by Gasteiger charge is -2.32. The maximum atomic E-state index is 12.3. The van der Waals surface area contributed by atoms with Crippen molar-refractivity contribution >= 4 is 23.4 Å². The van der Waals surface area contributed by atoms with E-state index in [1.165, 1.54) is 6.20 Å². The van der Waals surface area contributed by atoms with Crippen LogP contribution in [0.1, 0.15) is 17.9 Å². The number of carboxylic acid groups (broad SMARTS) is 1. The Balaban J connectivity index is 1.89. The van der Waals surface area contributed by atoms with Crippen molar-refractivity contribution < 1.29 is 14.7 Å². The summed E-state index contributed by atoms with van der Waals surface area (Å²) in [5.74, 6) is -1.43. The van der Waals surface area contributed by atoms with Crippen molar-refractivity contribution in [2.24, 2.45) is 0 Å². The first-order chi connectivity index (χ1) is 10.2. The van der Waals surface area contributed by atoms with Crippen molar-refractivity contribution in [2.45, 2.75) is 12.3 Å². The van der Waals surface area contributed by atoms with E-state index < -0.39 is 11.9 Å². The predicted molar refractivity (Wildman–Crippen MR) is 76.4 cm³/mol. The summed E-state index contributed by atoms with van der Waals surface area (Å²) in [6.45, 7) is 0.359. The molecular weight excluding hydrogens is 272 g/mol.